The molecule has 2 aliphatic rings. The molecule has 2 fully saturated rings. The van der Waals surface area contributed by atoms with Crippen LogP contribution >= 0.6 is 23.1 Å². The second kappa shape index (κ2) is 6.19. The van der Waals surface area contributed by atoms with Crippen LogP contribution in [-0.2, 0) is 6.54 Å². The summed E-state index contributed by atoms with van der Waals surface area (Å²) < 4.78 is 0. The Bertz CT molecular complexity index is 488. The van der Waals surface area contributed by atoms with Gasteiger partial charge in [-0.2, -0.15) is 11.8 Å². The summed E-state index contributed by atoms with van der Waals surface area (Å²) in [6, 6.07) is 0.523. The molecular weight excluding hydrogens is 298 g/mol. The Balaban J connectivity index is 1.79. The van der Waals surface area contributed by atoms with Crippen molar-refractivity contribution in [3.8, 4) is 0 Å². The molecule has 0 aromatic carbocycles. The molecule has 1 aromatic heterocycles. The quantitative estimate of drug-likeness (QED) is 0.915. The molecular formula is C16H27N3S2. The van der Waals surface area contributed by atoms with Gasteiger partial charge in [-0.25, -0.2) is 4.98 Å². The van der Waals surface area contributed by atoms with Crippen LogP contribution in [0.1, 0.15) is 61.2 Å². The third kappa shape index (κ3) is 4.01. The average Bonchev–Trinajstić information content (AvgIpc) is 3.17. The highest BCUT2D eigenvalue weighted by molar-refractivity contribution is 7.99. The fraction of sp³-hybridized carbons (Fsp3) is 0.812. The van der Waals surface area contributed by atoms with Crippen LogP contribution in [-0.4, -0.2) is 40.5 Å². The molecule has 3 rings (SSSR count). The topological polar surface area (TPSA) is 28.2 Å². The Hall–Kier alpha value is -0.100. The zero-order valence-electron chi connectivity index (χ0n) is 13.6. The number of nitrogens with one attached hydrogen (secondary N) is 1. The predicted octanol–water partition coefficient (Wildman–Crippen LogP) is 3.63. The minimum atomic E-state index is 0.169. The van der Waals surface area contributed by atoms with E-state index in [4.69, 9.17) is 4.98 Å². The van der Waals surface area contributed by atoms with E-state index >= 15 is 0 Å². The molecule has 1 N–H and O–H groups in total. The molecule has 2 heterocycles. The smallest absolute Gasteiger partial charge is 0.111 e. The Morgan fingerprint density at radius 2 is 2.10 bits per heavy atom. The van der Waals surface area contributed by atoms with Gasteiger partial charge in [-0.1, -0.05) is 0 Å². The number of hydrogen-bond acceptors (Lipinski definition) is 5. The van der Waals surface area contributed by atoms with E-state index in [1.54, 1.807) is 0 Å². The van der Waals surface area contributed by atoms with Crippen LogP contribution in [0.4, 0.5) is 0 Å². The molecule has 21 heavy (non-hydrogen) atoms. The lowest BCUT2D eigenvalue weighted by Crippen LogP contribution is -2.35. The van der Waals surface area contributed by atoms with Gasteiger partial charge >= 0.3 is 0 Å². The molecule has 1 aliphatic heterocycles. The molecule has 1 saturated heterocycles. The maximum absolute atomic E-state index is 5.07. The van der Waals surface area contributed by atoms with Crippen molar-refractivity contribution in [2.24, 2.45) is 0 Å². The van der Waals surface area contributed by atoms with Gasteiger partial charge in [0.25, 0.3) is 0 Å². The summed E-state index contributed by atoms with van der Waals surface area (Å²) in [5, 5.41) is 4.99. The highest BCUT2D eigenvalue weighted by atomic mass is 32.2. The fourth-order valence-electron chi connectivity index (χ4n) is 2.62. The van der Waals surface area contributed by atoms with Gasteiger partial charge in [-0.05, 0) is 40.7 Å². The summed E-state index contributed by atoms with van der Waals surface area (Å²) in [4.78, 5) is 9.03. The van der Waals surface area contributed by atoms with Crippen molar-refractivity contribution in [2.75, 3.05) is 25.1 Å². The fourth-order valence-corrected chi connectivity index (χ4v) is 5.20. The van der Waals surface area contributed by atoms with Gasteiger partial charge in [0.2, 0.25) is 0 Å². The first-order chi connectivity index (χ1) is 9.94. The number of hydrogen-bond donors (Lipinski definition) is 1. The maximum atomic E-state index is 5.07. The summed E-state index contributed by atoms with van der Waals surface area (Å²) in [6.45, 7) is 8.85. The molecule has 1 aromatic rings. The number of thioether (sulfide) groups is 1. The second-order valence-electron chi connectivity index (χ2n) is 7.31. The molecule has 1 unspecified atom stereocenters. The van der Waals surface area contributed by atoms with Crippen molar-refractivity contribution >= 4 is 23.1 Å². The molecule has 0 amide bonds. The van der Waals surface area contributed by atoms with Crippen molar-refractivity contribution in [1.82, 2.24) is 15.2 Å². The number of rotatable bonds is 4. The molecule has 0 bridgehead atoms. The molecule has 3 nitrogen and oxygen atoms in total. The third-order valence-electron chi connectivity index (χ3n) is 4.17. The van der Waals surface area contributed by atoms with Crippen LogP contribution in [0.2, 0.25) is 0 Å². The number of thiazole rings is 1. The lowest BCUT2D eigenvalue weighted by molar-refractivity contribution is 0.274. The predicted molar refractivity (Wildman–Crippen MR) is 93.4 cm³/mol. The van der Waals surface area contributed by atoms with E-state index in [-0.39, 0.29) is 5.54 Å². The first kappa shape index (κ1) is 15.8. The molecule has 5 heteroatoms. The van der Waals surface area contributed by atoms with E-state index in [1.807, 2.05) is 11.3 Å². The maximum Gasteiger partial charge on any atom is 0.111 e. The Labute approximate surface area is 136 Å². The van der Waals surface area contributed by atoms with Crippen molar-refractivity contribution < 1.29 is 0 Å². The SMILES string of the molecule is CN1CCSCC1c1nc(C2CC2)c(CNC(C)(C)C)s1. The summed E-state index contributed by atoms with van der Waals surface area (Å²) in [5.74, 6) is 3.19. The van der Waals surface area contributed by atoms with E-state index < -0.39 is 0 Å². The summed E-state index contributed by atoms with van der Waals surface area (Å²) in [7, 11) is 2.25. The van der Waals surface area contributed by atoms with Crippen LogP contribution in [0.5, 0.6) is 0 Å². The molecule has 1 saturated carbocycles. The monoisotopic (exact) mass is 325 g/mol. The van der Waals surface area contributed by atoms with Gasteiger partial charge in [0.15, 0.2) is 0 Å². The van der Waals surface area contributed by atoms with Crippen molar-refractivity contribution in [3.05, 3.63) is 15.6 Å². The molecule has 0 radical (unpaired) electrons. The van der Waals surface area contributed by atoms with Crippen LogP contribution in [0, 0.1) is 0 Å². The van der Waals surface area contributed by atoms with Crippen LogP contribution in [0.15, 0.2) is 0 Å². The molecule has 1 atom stereocenters. The Morgan fingerprint density at radius 1 is 1.33 bits per heavy atom. The van der Waals surface area contributed by atoms with Gasteiger partial charge in [0, 0.05) is 40.9 Å². The minimum Gasteiger partial charge on any atom is -0.307 e. The standard InChI is InChI=1S/C16H27N3S2/c1-16(2,3)17-9-13-14(11-5-6-11)18-15(21-13)12-10-20-8-7-19(12)4/h11-12,17H,5-10H2,1-4H3. The van der Waals surface area contributed by atoms with Gasteiger partial charge < -0.3 is 5.32 Å². The molecule has 1 aliphatic carbocycles. The largest absolute Gasteiger partial charge is 0.307 e. The van der Waals surface area contributed by atoms with Crippen LogP contribution < -0.4 is 5.32 Å². The summed E-state index contributed by atoms with van der Waals surface area (Å²) in [5.41, 5.74) is 1.57. The first-order valence-corrected chi connectivity index (χ1v) is 9.93. The van der Waals surface area contributed by atoms with E-state index in [0.29, 0.717) is 6.04 Å². The Morgan fingerprint density at radius 3 is 2.71 bits per heavy atom. The second-order valence-corrected chi connectivity index (χ2v) is 9.57. The van der Waals surface area contributed by atoms with E-state index in [2.05, 4.69) is 49.8 Å². The zero-order valence-corrected chi connectivity index (χ0v) is 15.2. The van der Waals surface area contributed by atoms with E-state index in [1.165, 1.54) is 46.5 Å². The first-order valence-electron chi connectivity index (χ1n) is 7.96. The normalized spacial score (nSPS) is 24.5. The van der Waals surface area contributed by atoms with E-state index in [9.17, 15) is 0 Å². The third-order valence-corrected chi connectivity index (χ3v) is 6.36. The summed E-state index contributed by atoms with van der Waals surface area (Å²) >= 11 is 4.02. The average molecular weight is 326 g/mol. The summed E-state index contributed by atoms with van der Waals surface area (Å²) in [6.07, 6.45) is 2.67. The minimum absolute atomic E-state index is 0.169. The number of aromatic nitrogens is 1. The highest BCUT2D eigenvalue weighted by Crippen LogP contribution is 2.44. The highest BCUT2D eigenvalue weighted by Gasteiger charge is 2.32. The lowest BCUT2D eigenvalue weighted by Gasteiger charge is -2.30. The van der Waals surface area contributed by atoms with Gasteiger partial charge in [-0.15, -0.1) is 11.3 Å². The molecule has 0 spiro atoms. The molecule has 118 valence electrons. The van der Waals surface area contributed by atoms with E-state index in [0.717, 1.165) is 12.5 Å². The van der Waals surface area contributed by atoms with Gasteiger partial charge in [-0.3, -0.25) is 4.90 Å². The zero-order chi connectivity index (χ0) is 15.0. The van der Waals surface area contributed by atoms with Crippen molar-refractivity contribution in [2.45, 2.75) is 57.7 Å². The number of nitrogens with zero attached hydrogens (tertiary/aromatic N) is 2. The van der Waals surface area contributed by atoms with Crippen LogP contribution in [0.3, 0.4) is 0 Å². The lowest BCUT2D eigenvalue weighted by atomic mass is 10.1. The van der Waals surface area contributed by atoms with Crippen molar-refractivity contribution in [3.63, 3.8) is 0 Å². The van der Waals surface area contributed by atoms with Gasteiger partial charge in [0.1, 0.15) is 5.01 Å². The van der Waals surface area contributed by atoms with Crippen LogP contribution in [0.25, 0.3) is 0 Å². The van der Waals surface area contributed by atoms with Crippen molar-refractivity contribution in [1.29, 1.82) is 0 Å². The Kier molecular flexibility index (Phi) is 4.65. The van der Waals surface area contributed by atoms with Gasteiger partial charge in [0.05, 0.1) is 11.7 Å².